The smallest absolute Gasteiger partial charge is 0.121 e. The monoisotopic (exact) mass is 290 g/mol. The zero-order valence-electron chi connectivity index (χ0n) is 11.9. The molecule has 0 unspecified atom stereocenters. The van der Waals surface area contributed by atoms with Crippen molar-refractivity contribution in [2.75, 3.05) is 5.43 Å². The Labute approximate surface area is 125 Å². The molecule has 20 heavy (non-hydrogen) atoms. The van der Waals surface area contributed by atoms with E-state index in [0.717, 1.165) is 34.5 Å². The molecule has 0 aliphatic carbocycles. The van der Waals surface area contributed by atoms with E-state index in [1.165, 1.54) is 0 Å². The molecule has 0 atom stereocenters. The molecule has 0 saturated carbocycles. The van der Waals surface area contributed by atoms with Crippen LogP contribution in [0, 0.1) is 5.41 Å². The second-order valence-electron chi connectivity index (χ2n) is 6.08. The maximum Gasteiger partial charge on any atom is 0.121 e. The van der Waals surface area contributed by atoms with Gasteiger partial charge < -0.3 is 0 Å². The van der Waals surface area contributed by atoms with Crippen LogP contribution < -0.4 is 10.9 Å². The van der Waals surface area contributed by atoms with Gasteiger partial charge in [-0.05, 0) is 11.5 Å². The fourth-order valence-electron chi connectivity index (χ4n) is 2.24. The van der Waals surface area contributed by atoms with Crippen LogP contribution in [0.5, 0.6) is 0 Å². The number of rotatable bonds is 1. The second kappa shape index (κ2) is 5.29. The van der Waals surface area contributed by atoms with Crippen molar-refractivity contribution in [1.29, 1.82) is 0 Å². The number of para-hydroxylation sites is 1. The molecule has 2 N–H and O–H groups in total. The third kappa shape index (κ3) is 2.85. The number of amidine groups is 1. The van der Waals surface area contributed by atoms with Crippen LogP contribution in [0.15, 0.2) is 35.5 Å². The Balaban J connectivity index is 0.00000147. The van der Waals surface area contributed by atoms with Crippen molar-refractivity contribution < 1.29 is 0 Å². The van der Waals surface area contributed by atoms with E-state index >= 15 is 0 Å². The van der Waals surface area contributed by atoms with Crippen molar-refractivity contribution in [2.24, 2.45) is 10.4 Å². The van der Waals surface area contributed by atoms with E-state index in [4.69, 9.17) is 0 Å². The maximum absolute atomic E-state index is 4.66. The molecule has 0 spiro atoms. The van der Waals surface area contributed by atoms with Crippen LogP contribution in [0.4, 0.5) is 11.4 Å². The molecule has 1 aliphatic rings. The lowest BCUT2D eigenvalue weighted by molar-refractivity contribution is 0.430. The largest absolute Gasteiger partial charge is 0.297 e. The van der Waals surface area contributed by atoms with Crippen LogP contribution in [-0.2, 0) is 0 Å². The molecule has 1 aromatic carbocycles. The van der Waals surface area contributed by atoms with Gasteiger partial charge in [0, 0.05) is 11.8 Å². The summed E-state index contributed by atoms with van der Waals surface area (Å²) in [6.45, 7) is 6.60. The summed E-state index contributed by atoms with van der Waals surface area (Å²) < 4.78 is 0. The number of aliphatic imine (C=N–C) groups is 1. The van der Waals surface area contributed by atoms with Crippen molar-refractivity contribution in [1.82, 2.24) is 10.4 Å². The predicted octanol–water partition coefficient (Wildman–Crippen LogP) is 4.05. The van der Waals surface area contributed by atoms with Gasteiger partial charge in [-0.25, -0.2) is 4.99 Å². The summed E-state index contributed by atoms with van der Waals surface area (Å²) in [6.07, 6.45) is 2.72. The highest BCUT2D eigenvalue weighted by molar-refractivity contribution is 6.01. The number of nitrogens with zero attached hydrogens (tertiary/aromatic N) is 2. The Kier molecular flexibility index (Phi) is 3.86. The number of benzene rings is 1. The molecule has 3 rings (SSSR count). The lowest BCUT2D eigenvalue weighted by Gasteiger charge is -2.25. The van der Waals surface area contributed by atoms with Crippen molar-refractivity contribution >= 4 is 40.5 Å². The summed E-state index contributed by atoms with van der Waals surface area (Å²) in [6, 6.07) is 8.07. The van der Waals surface area contributed by atoms with Gasteiger partial charge in [0.2, 0.25) is 0 Å². The van der Waals surface area contributed by atoms with Crippen LogP contribution in [0.1, 0.15) is 27.2 Å². The average Bonchev–Trinajstić information content (AvgIpc) is 2.36. The summed E-state index contributed by atoms with van der Waals surface area (Å²) in [4.78, 5) is 9.11. The van der Waals surface area contributed by atoms with Gasteiger partial charge in [-0.2, -0.15) is 0 Å². The molecule has 5 heteroatoms. The van der Waals surface area contributed by atoms with Crippen molar-refractivity contribution in [3.8, 4) is 0 Å². The number of pyridine rings is 1. The van der Waals surface area contributed by atoms with E-state index in [1.54, 1.807) is 0 Å². The van der Waals surface area contributed by atoms with Crippen molar-refractivity contribution in [3.05, 3.63) is 30.5 Å². The van der Waals surface area contributed by atoms with Crippen LogP contribution in [0.25, 0.3) is 10.9 Å². The first kappa shape index (κ1) is 14.6. The lowest BCUT2D eigenvalue weighted by Crippen LogP contribution is -2.34. The summed E-state index contributed by atoms with van der Waals surface area (Å²) in [5, 5.41) is 1.09. The van der Waals surface area contributed by atoms with Gasteiger partial charge in [0.05, 0.1) is 17.4 Å². The number of hydrogen-bond acceptors (Lipinski definition) is 4. The molecule has 2 heterocycles. The fourth-order valence-corrected chi connectivity index (χ4v) is 2.24. The lowest BCUT2D eigenvalue weighted by atomic mass is 9.91. The minimum Gasteiger partial charge on any atom is -0.297 e. The number of fused-ring (bicyclic) bond motifs is 3. The Hall–Kier alpha value is -1.81. The molecule has 0 fully saturated rings. The molecule has 1 aromatic heterocycles. The Morgan fingerprint density at radius 2 is 1.85 bits per heavy atom. The molecule has 0 amide bonds. The molecule has 2 aromatic rings. The Morgan fingerprint density at radius 1 is 1.10 bits per heavy atom. The number of nitrogens with one attached hydrogen (secondary N) is 2. The van der Waals surface area contributed by atoms with E-state index < -0.39 is 0 Å². The van der Waals surface area contributed by atoms with E-state index in [2.05, 4.69) is 47.7 Å². The van der Waals surface area contributed by atoms with E-state index in [0.29, 0.717) is 0 Å². The topological polar surface area (TPSA) is 49.3 Å². The summed E-state index contributed by atoms with van der Waals surface area (Å²) in [7, 11) is 0. The molecule has 106 valence electrons. The van der Waals surface area contributed by atoms with Crippen LogP contribution in [0.2, 0.25) is 0 Å². The van der Waals surface area contributed by atoms with Gasteiger partial charge in [-0.1, -0.05) is 39.0 Å². The minimum atomic E-state index is 0. The van der Waals surface area contributed by atoms with Gasteiger partial charge in [0.1, 0.15) is 11.5 Å². The first-order valence-electron chi connectivity index (χ1n) is 6.50. The quantitative estimate of drug-likeness (QED) is 0.833. The van der Waals surface area contributed by atoms with E-state index in [9.17, 15) is 0 Å². The number of aromatic nitrogens is 1. The average molecular weight is 291 g/mol. The fraction of sp³-hybridized carbons (Fsp3) is 0.333. The van der Waals surface area contributed by atoms with Crippen molar-refractivity contribution in [2.45, 2.75) is 27.2 Å². The third-order valence-electron chi connectivity index (χ3n) is 3.04. The molecule has 1 aliphatic heterocycles. The van der Waals surface area contributed by atoms with Gasteiger partial charge >= 0.3 is 0 Å². The number of hydrazine groups is 1. The zero-order valence-corrected chi connectivity index (χ0v) is 12.7. The molecular formula is C15H19ClN4. The SMILES string of the molecule is CC(C)(C)CC1=Nc2cnc3ccccc3c2NN1.Cl. The van der Waals surface area contributed by atoms with Crippen molar-refractivity contribution in [3.63, 3.8) is 0 Å². The number of anilines is 1. The molecule has 4 nitrogen and oxygen atoms in total. The normalized spacial score (nSPS) is 13.7. The molecule has 0 radical (unpaired) electrons. The highest BCUT2D eigenvalue weighted by Crippen LogP contribution is 2.34. The first-order valence-corrected chi connectivity index (χ1v) is 6.50. The predicted molar refractivity (Wildman–Crippen MR) is 86.9 cm³/mol. The van der Waals surface area contributed by atoms with Gasteiger partial charge in [-0.15, -0.1) is 12.4 Å². The standard InChI is InChI=1S/C15H18N4.ClH/c1-15(2,3)8-13-17-12-9-16-11-7-5-4-6-10(11)14(12)19-18-13;/h4-7,9,19H,8H2,1-3H3,(H,17,18);1H. The number of halogens is 1. The first-order chi connectivity index (χ1) is 9.03. The molecule has 0 saturated heterocycles. The summed E-state index contributed by atoms with van der Waals surface area (Å²) in [5.41, 5.74) is 9.54. The summed E-state index contributed by atoms with van der Waals surface area (Å²) >= 11 is 0. The van der Waals surface area contributed by atoms with E-state index in [1.807, 2.05) is 24.4 Å². The Morgan fingerprint density at radius 3 is 2.60 bits per heavy atom. The minimum absolute atomic E-state index is 0. The third-order valence-corrected chi connectivity index (χ3v) is 3.04. The van der Waals surface area contributed by atoms with Crippen LogP contribution >= 0.6 is 12.4 Å². The van der Waals surface area contributed by atoms with Gasteiger partial charge in [0.25, 0.3) is 0 Å². The molecule has 0 bridgehead atoms. The van der Waals surface area contributed by atoms with Crippen LogP contribution in [-0.4, -0.2) is 10.8 Å². The van der Waals surface area contributed by atoms with Gasteiger partial charge in [-0.3, -0.25) is 15.8 Å². The van der Waals surface area contributed by atoms with Gasteiger partial charge in [0.15, 0.2) is 0 Å². The second-order valence-corrected chi connectivity index (χ2v) is 6.08. The highest BCUT2D eigenvalue weighted by atomic mass is 35.5. The highest BCUT2D eigenvalue weighted by Gasteiger charge is 2.19. The maximum atomic E-state index is 4.66. The van der Waals surface area contributed by atoms with E-state index in [-0.39, 0.29) is 17.8 Å². The summed E-state index contributed by atoms with van der Waals surface area (Å²) in [5.74, 6) is 0.956. The number of hydrogen-bond donors (Lipinski definition) is 2. The Bertz CT molecular complexity index is 658. The zero-order chi connectivity index (χ0) is 13.5. The molecular weight excluding hydrogens is 272 g/mol. The van der Waals surface area contributed by atoms with Crippen LogP contribution in [0.3, 0.4) is 0 Å².